The van der Waals surface area contributed by atoms with Crippen LogP contribution >= 0.6 is 11.8 Å². The number of nitrogens with zero attached hydrogens (tertiary/aromatic N) is 3. The first-order chi connectivity index (χ1) is 13.0. The molecular weight excluding hydrogens is 354 g/mol. The first kappa shape index (κ1) is 17.5. The minimum atomic E-state index is 0.124. The van der Waals surface area contributed by atoms with Gasteiger partial charge in [-0.3, -0.25) is 4.79 Å². The number of carbonyl (C=O) groups excluding carboxylic acids is 1. The predicted octanol–water partition coefficient (Wildman–Crippen LogP) is 4.28. The Bertz CT molecular complexity index is 859. The molecule has 4 aliphatic rings. The molecule has 0 atom stereocenters. The highest BCUT2D eigenvalue weighted by Crippen LogP contribution is 2.60. The summed E-state index contributed by atoms with van der Waals surface area (Å²) in [5.74, 6) is 4.22. The first-order valence-corrected chi connectivity index (χ1v) is 11.1. The molecule has 1 aromatic heterocycles. The normalized spacial score (nSPS) is 31.4. The summed E-state index contributed by atoms with van der Waals surface area (Å²) < 4.78 is 0. The number of rotatable bonds is 4. The zero-order valence-electron chi connectivity index (χ0n) is 16.1. The maximum absolute atomic E-state index is 12.1. The largest absolute Gasteiger partial charge is 0.348 e. The zero-order valence-corrected chi connectivity index (χ0v) is 17.0. The fraction of sp³-hybridized carbons (Fsp3) is 0.591. The number of amides is 1. The van der Waals surface area contributed by atoms with Gasteiger partial charge in [-0.1, -0.05) is 30.0 Å². The van der Waals surface area contributed by atoms with Gasteiger partial charge in [0, 0.05) is 24.9 Å². The van der Waals surface area contributed by atoms with Crippen molar-refractivity contribution in [2.24, 2.45) is 17.8 Å². The maximum Gasteiger partial charge on any atom is 0.232 e. The van der Waals surface area contributed by atoms with Crippen molar-refractivity contribution in [1.29, 1.82) is 0 Å². The lowest BCUT2D eigenvalue weighted by molar-refractivity contribution is -0.125. The molecule has 0 saturated heterocycles. The van der Waals surface area contributed by atoms with Crippen molar-refractivity contribution >= 4 is 28.6 Å². The van der Waals surface area contributed by atoms with E-state index in [4.69, 9.17) is 9.97 Å². The summed E-state index contributed by atoms with van der Waals surface area (Å²) in [6.45, 7) is 0. The molecule has 0 aliphatic heterocycles. The third-order valence-corrected chi connectivity index (χ3v) is 7.89. The summed E-state index contributed by atoms with van der Waals surface area (Å²) >= 11 is 1.56. The molecule has 2 aromatic rings. The van der Waals surface area contributed by atoms with Crippen LogP contribution in [0.5, 0.6) is 0 Å². The van der Waals surface area contributed by atoms with Gasteiger partial charge in [-0.25, -0.2) is 9.97 Å². The molecule has 1 heterocycles. The number of benzene rings is 1. The van der Waals surface area contributed by atoms with E-state index in [9.17, 15) is 4.79 Å². The Morgan fingerprint density at radius 2 is 1.70 bits per heavy atom. The topological polar surface area (TPSA) is 46.1 Å². The van der Waals surface area contributed by atoms with E-state index in [1.807, 2.05) is 20.2 Å². The quantitative estimate of drug-likeness (QED) is 0.586. The van der Waals surface area contributed by atoms with Crippen LogP contribution in [0.1, 0.15) is 44.3 Å². The number of hydrogen-bond acceptors (Lipinski definition) is 4. The molecule has 1 amide bonds. The van der Waals surface area contributed by atoms with E-state index >= 15 is 0 Å². The molecule has 1 aromatic carbocycles. The Labute approximate surface area is 165 Å². The van der Waals surface area contributed by atoms with Gasteiger partial charge in [-0.15, -0.1) is 0 Å². The number of hydrogen-bond donors (Lipinski definition) is 0. The van der Waals surface area contributed by atoms with Gasteiger partial charge in [0.05, 0.1) is 11.3 Å². The van der Waals surface area contributed by atoms with Gasteiger partial charge in [-0.05, 0) is 62.3 Å². The molecule has 4 bridgehead atoms. The Morgan fingerprint density at radius 3 is 2.33 bits per heavy atom. The smallest absolute Gasteiger partial charge is 0.232 e. The summed E-state index contributed by atoms with van der Waals surface area (Å²) in [7, 11) is 3.61. The van der Waals surface area contributed by atoms with E-state index in [2.05, 4.69) is 18.2 Å². The first-order valence-electron chi connectivity index (χ1n) is 10.1. The van der Waals surface area contributed by atoms with Crippen molar-refractivity contribution in [2.45, 2.75) is 49.0 Å². The van der Waals surface area contributed by atoms with Gasteiger partial charge in [0.2, 0.25) is 5.91 Å². The summed E-state index contributed by atoms with van der Waals surface area (Å²) in [6, 6.07) is 8.27. The van der Waals surface area contributed by atoms with Gasteiger partial charge < -0.3 is 4.90 Å². The van der Waals surface area contributed by atoms with Gasteiger partial charge in [0.15, 0.2) is 0 Å². The second-order valence-corrected chi connectivity index (χ2v) is 10.1. The number of aromatic nitrogens is 2. The summed E-state index contributed by atoms with van der Waals surface area (Å²) in [5, 5.41) is 2.05. The van der Waals surface area contributed by atoms with Gasteiger partial charge in [0.1, 0.15) is 10.9 Å². The lowest BCUT2D eigenvalue weighted by atomic mass is 9.49. The van der Waals surface area contributed by atoms with Crippen LogP contribution in [0, 0.1) is 17.8 Å². The van der Waals surface area contributed by atoms with E-state index in [0.29, 0.717) is 5.75 Å². The molecule has 0 N–H and O–H groups in total. The lowest BCUT2D eigenvalue weighted by Gasteiger charge is -2.56. The molecule has 4 saturated carbocycles. The van der Waals surface area contributed by atoms with E-state index in [1.54, 1.807) is 16.7 Å². The third kappa shape index (κ3) is 3.04. The molecule has 4 fully saturated rings. The summed E-state index contributed by atoms with van der Waals surface area (Å²) in [6.07, 6.45) is 8.05. The monoisotopic (exact) mass is 381 g/mol. The highest BCUT2D eigenvalue weighted by molar-refractivity contribution is 8.00. The van der Waals surface area contributed by atoms with Crippen LogP contribution in [-0.2, 0) is 10.2 Å². The molecule has 4 nitrogen and oxygen atoms in total. The Hall–Kier alpha value is -1.62. The van der Waals surface area contributed by atoms with E-state index in [-0.39, 0.29) is 11.3 Å². The average molecular weight is 382 g/mol. The molecule has 4 aliphatic carbocycles. The highest BCUT2D eigenvalue weighted by atomic mass is 32.2. The number of fused-ring (bicyclic) bond motifs is 1. The molecular formula is C22H27N3OS. The summed E-state index contributed by atoms with van der Waals surface area (Å²) in [4.78, 5) is 23.9. The van der Waals surface area contributed by atoms with Crippen LogP contribution in [0.3, 0.4) is 0 Å². The molecule has 5 heteroatoms. The fourth-order valence-electron chi connectivity index (χ4n) is 6.04. The molecule has 0 unspecified atom stereocenters. The third-order valence-electron chi connectivity index (χ3n) is 6.91. The molecule has 142 valence electrons. The fourth-order valence-corrected chi connectivity index (χ4v) is 7.04. The maximum atomic E-state index is 12.1. The predicted molar refractivity (Wildman–Crippen MR) is 109 cm³/mol. The molecule has 0 radical (unpaired) electrons. The van der Waals surface area contributed by atoms with Gasteiger partial charge >= 0.3 is 0 Å². The number of carbonyl (C=O) groups is 1. The van der Waals surface area contributed by atoms with Crippen LogP contribution in [0.15, 0.2) is 29.3 Å². The van der Waals surface area contributed by atoms with Crippen LogP contribution in [0.25, 0.3) is 10.9 Å². The van der Waals surface area contributed by atoms with E-state index in [1.165, 1.54) is 38.5 Å². The van der Waals surface area contributed by atoms with Crippen LogP contribution in [0.4, 0.5) is 0 Å². The standard InChI is InChI=1S/C22H27N3OS/c1-25(2)19(26)13-27-20-17-5-3-4-6-18(17)23-21(24-20)22-10-14-7-15(11-22)9-16(8-14)12-22/h3-6,14-16H,7-13H2,1-2H3. The molecule has 6 rings (SSSR count). The number of para-hydroxylation sites is 1. The van der Waals surface area contributed by atoms with E-state index in [0.717, 1.165) is 39.5 Å². The molecule has 0 spiro atoms. The van der Waals surface area contributed by atoms with Crippen LogP contribution < -0.4 is 0 Å². The highest BCUT2D eigenvalue weighted by Gasteiger charge is 2.53. The Balaban J connectivity index is 1.54. The van der Waals surface area contributed by atoms with E-state index < -0.39 is 0 Å². The van der Waals surface area contributed by atoms with Gasteiger partial charge in [-0.2, -0.15) is 0 Å². The summed E-state index contributed by atoms with van der Waals surface area (Å²) in [5.41, 5.74) is 1.21. The van der Waals surface area contributed by atoms with Crippen LogP contribution in [0.2, 0.25) is 0 Å². The number of thioether (sulfide) groups is 1. The van der Waals surface area contributed by atoms with Crippen molar-refractivity contribution < 1.29 is 4.79 Å². The average Bonchev–Trinajstić information content (AvgIpc) is 2.64. The minimum Gasteiger partial charge on any atom is -0.348 e. The Morgan fingerprint density at radius 1 is 1.07 bits per heavy atom. The SMILES string of the molecule is CN(C)C(=O)CSc1nc(C23CC4CC(CC(C4)C2)C3)nc2ccccc12. The lowest BCUT2D eigenvalue weighted by Crippen LogP contribution is -2.49. The Kier molecular flexibility index (Phi) is 4.19. The van der Waals surface area contributed by atoms with Gasteiger partial charge in [0.25, 0.3) is 0 Å². The van der Waals surface area contributed by atoms with Crippen molar-refractivity contribution in [3.05, 3.63) is 30.1 Å². The molecule has 27 heavy (non-hydrogen) atoms. The second-order valence-electron chi connectivity index (χ2n) is 9.14. The zero-order chi connectivity index (χ0) is 18.6. The minimum absolute atomic E-state index is 0.124. The van der Waals surface area contributed by atoms with Crippen molar-refractivity contribution in [3.8, 4) is 0 Å². The van der Waals surface area contributed by atoms with Crippen molar-refractivity contribution in [3.63, 3.8) is 0 Å². The van der Waals surface area contributed by atoms with Crippen molar-refractivity contribution in [2.75, 3.05) is 19.8 Å². The second kappa shape index (κ2) is 6.47. The van der Waals surface area contributed by atoms with Crippen molar-refractivity contribution in [1.82, 2.24) is 14.9 Å². The van der Waals surface area contributed by atoms with Crippen LogP contribution in [-0.4, -0.2) is 40.6 Å².